The van der Waals surface area contributed by atoms with E-state index < -0.39 is 11.6 Å². The van der Waals surface area contributed by atoms with E-state index in [0.717, 1.165) is 29.0 Å². The first-order valence-electron chi connectivity index (χ1n) is 10.9. The summed E-state index contributed by atoms with van der Waals surface area (Å²) in [4.78, 5) is 11.3. The minimum absolute atomic E-state index is 0.0606. The standard InChI is InChI=1S/C25H35ClN2O3/c1-6-17(14-24(29)30)18-7-12-21(28-23(16(2)3)15-25(4,5)31)22(13-18)27-20-10-8-19(26)9-11-20/h7-13,16-17,23,27-28,31H,6,14-15H2,1-5H3,(H,29,30). The molecule has 6 heteroatoms. The van der Waals surface area contributed by atoms with E-state index in [2.05, 4.69) is 24.5 Å². The van der Waals surface area contributed by atoms with Crippen LogP contribution in [0.15, 0.2) is 42.5 Å². The molecule has 31 heavy (non-hydrogen) atoms. The number of rotatable bonds is 11. The molecule has 170 valence electrons. The van der Waals surface area contributed by atoms with Gasteiger partial charge in [-0.3, -0.25) is 4.79 Å². The van der Waals surface area contributed by atoms with E-state index in [1.54, 1.807) is 0 Å². The zero-order valence-corrected chi connectivity index (χ0v) is 19.8. The summed E-state index contributed by atoms with van der Waals surface area (Å²) in [5, 5.41) is 27.3. The van der Waals surface area contributed by atoms with E-state index in [-0.39, 0.29) is 18.4 Å². The maximum atomic E-state index is 11.3. The molecule has 0 bridgehead atoms. The second kappa shape index (κ2) is 10.9. The summed E-state index contributed by atoms with van der Waals surface area (Å²) in [5.41, 5.74) is 2.85. The van der Waals surface area contributed by atoms with Gasteiger partial charge in [-0.1, -0.05) is 38.4 Å². The highest BCUT2D eigenvalue weighted by Gasteiger charge is 2.24. The molecule has 0 fully saturated rings. The van der Waals surface area contributed by atoms with Crippen LogP contribution in [0, 0.1) is 5.92 Å². The molecule has 5 nitrogen and oxygen atoms in total. The van der Waals surface area contributed by atoms with Crippen LogP contribution in [0.3, 0.4) is 0 Å². The Hall–Kier alpha value is -2.24. The average molecular weight is 447 g/mol. The molecule has 2 aromatic carbocycles. The third-order valence-electron chi connectivity index (χ3n) is 5.42. The Morgan fingerprint density at radius 2 is 1.74 bits per heavy atom. The minimum Gasteiger partial charge on any atom is -0.481 e. The lowest BCUT2D eigenvalue weighted by atomic mass is 9.90. The van der Waals surface area contributed by atoms with Crippen molar-refractivity contribution in [3.8, 4) is 0 Å². The lowest BCUT2D eigenvalue weighted by Crippen LogP contribution is -2.35. The summed E-state index contributed by atoms with van der Waals surface area (Å²) < 4.78 is 0. The fraction of sp³-hybridized carbons (Fsp3) is 0.480. The van der Waals surface area contributed by atoms with Gasteiger partial charge in [-0.15, -0.1) is 0 Å². The molecule has 0 aliphatic heterocycles. The highest BCUT2D eigenvalue weighted by atomic mass is 35.5. The van der Waals surface area contributed by atoms with E-state index in [1.165, 1.54) is 0 Å². The summed E-state index contributed by atoms with van der Waals surface area (Å²) in [7, 11) is 0. The Morgan fingerprint density at radius 1 is 1.10 bits per heavy atom. The van der Waals surface area contributed by atoms with Crippen LogP contribution in [-0.4, -0.2) is 27.8 Å². The Kier molecular flexibility index (Phi) is 8.78. The van der Waals surface area contributed by atoms with Crippen molar-refractivity contribution in [1.29, 1.82) is 0 Å². The van der Waals surface area contributed by atoms with Crippen LogP contribution in [0.5, 0.6) is 0 Å². The van der Waals surface area contributed by atoms with Crippen LogP contribution < -0.4 is 10.6 Å². The van der Waals surface area contributed by atoms with Crippen molar-refractivity contribution in [2.24, 2.45) is 5.92 Å². The van der Waals surface area contributed by atoms with Crippen molar-refractivity contribution < 1.29 is 15.0 Å². The number of carboxylic acid groups (broad SMARTS) is 1. The highest BCUT2D eigenvalue weighted by Crippen LogP contribution is 2.34. The Morgan fingerprint density at radius 3 is 2.26 bits per heavy atom. The van der Waals surface area contributed by atoms with Gasteiger partial charge in [-0.2, -0.15) is 0 Å². The van der Waals surface area contributed by atoms with Gasteiger partial charge in [0.25, 0.3) is 0 Å². The van der Waals surface area contributed by atoms with Crippen molar-refractivity contribution in [3.05, 3.63) is 53.1 Å². The monoisotopic (exact) mass is 446 g/mol. The van der Waals surface area contributed by atoms with Crippen molar-refractivity contribution in [2.75, 3.05) is 10.6 Å². The van der Waals surface area contributed by atoms with Gasteiger partial charge in [0, 0.05) is 16.8 Å². The number of aliphatic carboxylic acids is 1. The summed E-state index contributed by atoms with van der Waals surface area (Å²) in [5.74, 6) is -0.550. The van der Waals surface area contributed by atoms with Gasteiger partial charge in [0.05, 0.1) is 23.4 Å². The first-order chi connectivity index (χ1) is 14.5. The molecule has 0 saturated carbocycles. The van der Waals surface area contributed by atoms with E-state index in [0.29, 0.717) is 17.4 Å². The number of benzene rings is 2. The number of nitrogens with one attached hydrogen (secondary N) is 2. The number of anilines is 3. The summed E-state index contributed by atoms with van der Waals surface area (Å²) >= 11 is 6.03. The maximum Gasteiger partial charge on any atom is 0.303 e. The summed E-state index contributed by atoms with van der Waals surface area (Å²) in [6.45, 7) is 9.90. The van der Waals surface area contributed by atoms with Crippen LogP contribution in [0.4, 0.5) is 17.1 Å². The number of halogens is 1. The molecule has 0 spiro atoms. The Bertz CT molecular complexity index is 860. The van der Waals surface area contributed by atoms with Crippen LogP contribution >= 0.6 is 11.6 Å². The van der Waals surface area contributed by atoms with Crippen LogP contribution in [-0.2, 0) is 4.79 Å². The van der Waals surface area contributed by atoms with E-state index in [4.69, 9.17) is 11.6 Å². The van der Waals surface area contributed by atoms with Crippen LogP contribution in [0.1, 0.15) is 65.4 Å². The predicted octanol–water partition coefficient (Wildman–Crippen LogP) is 6.65. The van der Waals surface area contributed by atoms with E-state index in [1.807, 2.05) is 63.2 Å². The Balaban J connectivity index is 2.42. The van der Waals surface area contributed by atoms with Crippen molar-refractivity contribution in [1.82, 2.24) is 0 Å². The van der Waals surface area contributed by atoms with Crippen molar-refractivity contribution in [3.63, 3.8) is 0 Å². The van der Waals surface area contributed by atoms with Crippen molar-refractivity contribution in [2.45, 2.75) is 71.4 Å². The molecule has 2 aromatic rings. The molecular weight excluding hydrogens is 412 g/mol. The maximum absolute atomic E-state index is 11.3. The van der Waals surface area contributed by atoms with Crippen LogP contribution in [0.25, 0.3) is 0 Å². The van der Waals surface area contributed by atoms with Gasteiger partial charge in [-0.25, -0.2) is 0 Å². The lowest BCUT2D eigenvalue weighted by molar-refractivity contribution is -0.137. The molecule has 2 unspecified atom stereocenters. The third kappa shape index (κ3) is 8.08. The van der Waals surface area contributed by atoms with Gasteiger partial charge in [-0.05, 0) is 80.5 Å². The normalized spacial score (nSPS) is 13.7. The quantitative estimate of drug-likeness (QED) is 0.310. The second-order valence-electron chi connectivity index (χ2n) is 9.15. The molecule has 0 radical (unpaired) electrons. The third-order valence-corrected chi connectivity index (χ3v) is 5.67. The molecular formula is C25H35ClN2O3. The van der Waals surface area contributed by atoms with Gasteiger partial charge < -0.3 is 20.8 Å². The van der Waals surface area contributed by atoms with Gasteiger partial charge in [0.1, 0.15) is 0 Å². The first-order valence-corrected chi connectivity index (χ1v) is 11.2. The van der Waals surface area contributed by atoms with Crippen molar-refractivity contribution >= 4 is 34.6 Å². The SMILES string of the molecule is CCC(CC(=O)O)c1ccc(NC(CC(C)(C)O)C(C)C)c(Nc2ccc(Cl)cc2)c1. The molecule has 0 heterocycles. The van der Waals surface area contributed by atoms with Crippen LogP contribution in [0.2, 0.25) is 5.02 Å². The molecule has 0 saturated heterocycles. The fourth-order valence-corrected chi connectivity index (χ4v) is 3.76. The summed E-state index contributed by atoms with van der Waals surface area (Å²) in [6.07, 6.45) is 1.44. The van der Waals surface area contributed by atoms with E-state index >= 15 is 0 Å². The first kappa shape index (κ1) is 25.0. The number of carbonyl (C=O) groups is 1. The number of carboxylic acids is 1. The molecule has 0 aliphatic carbocycles. The largest absolute Gasteiger partial charge is 0.481 e. The zero-order valence-electron chi connectivity index (χ0n) is 19.1. The summed E-state index contributed by atoms with van der Waals surface area (Å²) in [6, 6.07) is 13.5. The highest BCUT2D eigenvalue weighted by molar-refractivity contribution is 6.30. The molecule has 0 amide bonds. The van der Waals surface area contributed by atoms with Gasteiger partial charge in [0.15, 0.2) is 0 Å². The lowest BCUT2D eigenvalue weighted by Gasteiger charge is -2.30. The zero-order chi connectivity index (χ0) is 23.2. The molecule has 2 rings (SSSR count). The number of hydrogen-bond donors (Lipinski definition) is 4. The van der Waals surface area contributed by atoms with Gasteiger partial charge >= 0.3 is 5.97 Å². The Labute approximate surface area is 190 Å². The average Bonchev–Trinajstić information content (AvgIpc) is 2.67. The smallest absolute Gasteiger partial charge is 0.303 e. The molecule has 0 aromatic heterocycles. The molecule has 0 aliphatic rings. The fourth-order valence-electron chi connectivity index (χ4n) is 3.63. The predicted molar refractivity (Wildman–Crippen MR) is 130 cm³/mol. The molecule has 2 atom stereocenters. The van der Waals surface area contributed by atoms with Gasteiger partial charge in [0.2, 0.25) is 0 Å². The number of aliphatic hydroxyl groups is 1. The van der Waals surface area contributed by atoms with E-state index in [9.17, 15) is 15.0 Å². The number of hydrogen-bond acceptors (Lipinski definition) is 4. The minimum atomic E-state index is -0.800. The second-order valence-corrected chi connectivity index (χ2v) is 9.59. The molecule has 4 N–H and O–H groups in total. The topological polar surface area (TPSA) is 81.6 Å².